The zero-order valence-corrected chi connectivity index (χ0v) is 13.8. The highest BCUT2D eigenvalue weighted by atomic mass is 16.6. The molecule has 0 fully saturated rings. The van der Waals surface area contributed by atoms with Gasteiger partial charge in [0.1, 0.15) is 11.8 Å². The van der Waals surface area contributed by atoms with Crippen LogP contribution in [0.5, 0.6) is 0 Å². The van der Waals surface area contributed by atoms with Gasteiger partial charge < -0.3 is 24.9 Å². The van der Waals surface area contributed by atoms with E-state index in [1.807, 2.05) is 0 Å². The van der Waals surface area contributed by atoms with Crippen molar-refractivity contribution in [3.63, 3.8) is 0 Å². The number of methoxy groups -OCH3 is 1. The molecular weight excluding hydrogens is 334 g/mol. The number of rotatable bonds is 6. The standard InChI is InChI=1S/C14H17N5O6/c1-7(20)14(23,13(22)24-3)9(25-8(2)21)4-19-6-18-10-11(15)16-5-17-12(10)19/h5-6,9,23H,4H2,1-3H3,(H2,15,16,17)/t9-,14-/m1/s1. The van der Waals surface area contributed by atoms with E-state index in [4.69, 9.17) is 10.5 Å². The summed E-state index contributed by atoms with van der Waals surface area (Å²) in [6.45, 7) is 1.77. The lowest BCUT2D eigenvalue weighted by atomic mass is 9.92. The molecule has 2 aromatic rings. The van der Waals surface area contributed by atoms with E-state index in [0.717, 1.165) is 21.0 Å². The number of ether oxygens (including phenoxy) is 2. The number of nitrogens with zero attached hydrogens (tertiary/aromatic N) is 4. The number of nitrogen functional groups attached to an aromatic ring is 1. The van der Waals surface area contributed by atoms with Gasteiger partial charge in [0, 0.05) is 6.92 Å². The van der Waals surface area contributed by atoms with Crippen molar-refractivity contribution in [2.45, 2.75) is 32.1 Å². The number of nitrogens with two attached hydrogens (primary N) is 1. The van der Waals surface area contributed by atoms with Crippen LogP contribution in [0.1, 0.15) is 13.8 Å². The number of aromatic nitrogens is 4. The lowest BCUT2D eigenvalue weighted by Crippen LogP contribution is -2.58. The molecule has 0 saturated heterocycles. The maximum absolute atomic E-state index is 12.0. The molecular formula is C14H17N5O6. The predicted molar refractivity (Wildman–Crippen MR) is 82.9 cm³/mol. The van der Waals surface area contributed by atoms with Crippen LogP contribution in [0.3, 0.4) is 0 Å². The van der Waals surface area contributed by atoms with Gasteiger partial charge in [0.15, 0.2) is 23.4 Å². The third-order valence-electron chi connectivity index (χ3n) is 3.60. The third kappa shape index (κ3) is 3.26. The van der Waals surface area contributed by atoms with E-state index < -0.39 is 29.4 Å². The monoisotopic (exact) mass is 351 g/mol. The van der Waals surface area contributed by atoms with Crippen LogP contribution in [-0.2, 0) is 30.4 Å². The Morgan fingerprint density at radius 3 is 2.56 bits per heavy atom. The molecule has 11 nitrogen and oxygen atoms in total. The van der Waals surface area contributed by atoms with Crippen LogP contribution in [0.4, 0.5) is 5.82 Å². The van der Waals surface area contributed by atoms with Crippen molar-refractivity contribution in [1.29, 1.82) is 0 Å². The van der Waals surface area contributed by atoms with Gasteiger partial charge in [-0.3, -0.25) is 9.59 Å². The van der Waals surface area contributed by atoms with E-state index in [-0.39, 0.29) is 23.5 Å². The van der Waals surface area contributed by atoms with E-state index >= 15 is 0 Å². The number of carbonyl (C=O) groups is 3. The van der Waals surface area contributed by atoms with Gasteiger partial charge in [-0.25, -0.2) is 19.7 Å². The topological polar surface area (TPSA) is 160 Å². The number of Topliss-reactive ketones (excluding diaryl/α,β-unsaturated/α-hetero) is 1. The van der Waals surface area contributed by atoms with E-state index in [2.05, 4.69) is 19.7 Å². The van der Waals surface area contributed by atoms with Crippen molar-refractivity contribution in [3.8, 4) is 0 Å². The summed E-state index contributed by atoms with van der Waals surface area (Å²) < 4.78 is 10.9. The molecule has 11 heteroatoms. The zero-order valence-electron chi connectivity index (χ0n) is 13.8. The predicted octanol–water partition coefficient (Wildman–Crippen LogP) is -1.17. The number of imidazole rings is 1. The fraction of sp³-hybridized carbons (Fsp3) is 0.429. The first-order chi connectivity index (χ1) is 11.7. The molecule has 0 aliphatic carbocycles. The number of hydrogen-bond donors (Lipinski definition) is 2. The van der Waals surface area contributed by atoms with Crippen molar-refractivity contribution < 1.29 is 29.0 Å². The largest absolute Gasteiger partial charge is 0.466 e. The van der Waals surface area contributed by atoms with Crippen molar-refractivity contribution in [2.75, 3.05) is 12.8 Å². The van der Waals surface area contributed by atoms with Crippen LogP contribution in [0.15, 0.2) is 12.7 Å². The number of anilines is 1. The number of fused-ring (bicyclic) bond motifs is 1. The number of aliphatic hydroxyl groups is 1. The third-order valence-corrected chi connectivity index (χ3v) is 3.60. The highest BCUT2D eigenvalue weighted by Gasteiger charge is 2.52. The minimum atomic E-state index is -2.68. The van der Waals surface area contributed by atoms with Crippen molar-refractivity contribution >= 4 is 34.7 Å². The summed E-state index contributed by atoms with van der Waals surface area (Å²) in [6, 6.07) is 0. The highest BCUT2D eigenvalue weighted by molar-refractivity contribution is 6.06. The zero-order chi connectivity index (χ0) is 18.8. The molecule has 0 bridgehead atoms. The molecule has 2 aromatic heterocycles. The van der Waals surface area contributed by atoms with Gasteiger partial charge in [-0.05, 0) is 6.92 Å². The summed E-state index contributed by atoms with van der Waals surface area (Å²) in [5.41, 5.74) is 3.57. The Morgan fingerprint density at radius 1 is 1.32 bits per heavy atom. The Bertz CT molecular complexity index is 834. The summed E-state index contributed by atoms with van der Waals surface area (Å²) in [4.78, 5) is 47.2. The van der Waals surface area contributed by atoms with Gasteiger partial charge >= 0.3 is 11.9 Å². The van der Waals surface area contributed by atoms with Crippen LogP contribution in [0.2, 0.25) is 0 Å². The van der Waals surface area contributed by atoms with Gasteiger partial charge in [0.25, 0.3) is 5.60 Å². The molecule has 2 rings (SSSR count). The maximum Gasteiger partial charge on any atom is 0.349 e. The van der Waals surface area contributed by atoms with Gasteiger partial charge in [-0.2, -0.15) is 0 Å². The Kier molecular flexibility index (Phi) is 4.97. The minimum absolute atomic E-state index is 0.127. The molecule has 0 amide bonds. The van der Waals surface area contributed by atoms with Crippen LogP contribution >= 0.6 is 0 Å². The SMILES string of the molecule is COC(=O)[C@@](O)(C(C)=O)[C@@H](Cn1cnc2c(N)ncnc21)OC(C)=O. The molecule has 0 radical (unpaired) electrons. The highest BCUT2D eigenvalue weighted by Crippen LogP contribution is 2.22. The fourth-order valence-corrected chi connectivity index (χ4v) is 2.32. The van der Waals surface area contributed by atoms with E-state index in [1.165, 1.54) is 17.2 Å². The summed E-state index contributed by atoms with van der Waals surface area (Å²) in [6.07, 6.45) is 0.946. The van der Waals surface area contributed by atoms with Gasteiger partial charge in [-0.15, -0.1) is 0 Å². The molecule has 2 atom stereocenters. The van der Waals surface area contributed by atoms with Crippen molar-refractivity contribution in [3.05, 3.63) is 12.7 Å². The number of esters is 2. The molecule has 0 saturated carbocycles. The summed E-state index contributed by atoms with van der Waals surface area (Å²) in [5.74, 6) is -2.86. The van der Waals surface area contributed by atoms with Crippen LogP contribution in [0.25, 0.3) is 11.2 Å². The maximum atomic E-state index is 12.0. The summed E-state index contributed by atoms with van der Waals surface area (Å²) in [5, 5.41) is 10.6. The van der Waals surface area contributed by atoms with Crippen LogP contribution in [0, 0.1) is 0 Å². The normalized spacial score (nSPS) is 14.6. The van der Waals surface area contributed by atoms with E-state index in [9.17, 15) is 19.5 Å². The summed E-state index contributed by atoms with van der Waals surface area (Å²) >= 11 is 0. The Labute approximate surface area is 141 Å². The molecule has 0 spiro atoms. The molecule has 25 heavy (non-hydrogen) atoms. The van der Waals surface area contributed by atoms with Crippen molar-refractivity contribution in [1.82, 2.24) is 19.5 Å². The first kappa shape index (κ1) is 18.3. The smallest absolute Gasteiger partial charge is 0.349 e. The molecule has 2 heterocycles. The first-order valence-electron chi connectivity index (χ1n) is 7.12. The first-order valence-corrected chi connectivity index (χ1v) is 7.12. The van der Waals surface area contributed by atoms with Crippen LogP contribution < -0.4 is 5.73 Å². The Morgan fingerprint density at radius 2 is 2.00 bits per heavy atom. The summed E-state index contributed by atoms with van der Waals surface area (Å²) in [7, 11) is 1.00. The second-order valence-electron chi connectivity index (χ2n) is 5.24. The lowest BCUT2D eigenvalue weighted by Gasteiger charge is -2.30. The van der Waals surface area contributed by atoms with Gasteiger partial charge in [0.05, 0.1) is 20.0 Å². The molecule has 0 aliphatic heterocycles. The average Bonchev–Trinajstić information content (AvgIpc) is 2.96. The van der Waals surface area contributed by atoms with E-state index in [1.54, 1.807) is 0 Å². The second-order valence-corrected chi connectivity index (χ2v) is 5.24. The molecule has 134 valence electrons. The van der Waals surface area contributed by atoms with Crippen LogP contribution in [-0.4, -0.2) is 61.2 Å². The lowest BCUT2D eigenvalue weighted by molar-refractivity contribution is -0.188. The Hall–Kier alpha value is -3.08. The second kappa shape index (κ2) is 6.81. The fourth-order valence-electron chi connectivity index (χ4n) is 2.32. The van der Waals surface area contributed by atoms with Gasteiger partial charge in [-0.1, -0.05) is 0 Å². The average molecular weight is 351 g/mol. The number of carbonyl (C=O) groups excluding carboxylic acids is 3. The number of ketones is 1. The minimum Gasteiger partial charge on any atom is -0.466 e. The molecule has 3 N–H and O–H groups in total. The van der Waals surface area contributed by atoms with E-state index in [0.29, 0.717) is 0 Å². The van der Waals surface area contributed by atoms with Gasteiger partial charge in [0.2, 0.25) is 0 Å². The molecule has 0 unspecified atom stereocenters. The number of hydrogen-bond acceptors (Lipinski definition) is 10. The van der Waals surface area contributed by atoms with Crippen molar-refractivity contribution in [2.24, 2.45) is 0 Å². The quantitative estimate of drug-likeness (QED) is 0.479. The molecule has 0 aromatic carbocycles. The molecule has 0 aliphatic rings. The Balaban J connectivity index is 2.50.